The number of hydrogen-bond donors (Lipinski definition) is 2. The largest absolute Gasteiger partial charge is 0.494 e. The van der Waals surface area contributed by atoms with Gasteiger partial charge in [-0.25, -0.2) is 4.98 Å². The number of imidazole rings is 1. The molecule has 7 nitrogen and oxygen atoms in total. The van der Waals surface area contributed by atoms with Crippen LogP contribution in [0.2, 0.25) is 0 Å². The number of halogens is 3. The molecule has 152 valence electrons. The number of benzene rings is 1. The van der Waals surface area contributed by atoms with E-state index < -0.39 is 23.2 Å². The highest BCUT2D eigenvalue weighted by Crippen LogP contribution is 2.31. The molecule has 0 spiro atoms. The molecular formula is C18H16F3N5O2S. The minimum absolute atomic E-state index is 0.0340. The minimum Gasteiger partial charge on any atom is -0.494 e. The normalized spacial score (nSPS) is 12.0. The van der Waals surface area contributed by atoms with Gasteiger partial charge in [0.05, 0.1) is 17.6 Å². The Labute approximate surface area is 167 Å². The molecular weight excluding hydrogens is 407 g/mol. The Kier molecular flexibility index (Phi) is 5.97. The molecule has 3 aromatic rings. The van der Waals surface area contributed by atoms with Crippen molar-refractivity contribution in [3.05, 3.63) is 69.2 Å². The van der Waals surface area contributed by atoms with Gasteiger partial charge in [-0.1, -0.05) is 6.07 Å². The summed E-state index contributed by atoms with van der Waals surface area (Å²) in [5, 5.41) is 10.5. The van der Waals surface area contributed by atoms with E-state index in [4.69, 9.17) is 12.2 Å². The number of rotatable bonds is 6. The molecule has 2 aromatic heterocycles. The van der Waals surface area contributed by atoms with Crippen molar-refractivity contribution < 1.29 is 18.3 Å². The van der Waals surface area contributed by atoms with E-state index in [1.165, 1.54) is 18.3 Å². The molecule has 2 N–H and O–H groups in total. The third kappa shape index (κ3) is 4.80. The summed E-state index contributed by atoms with van der Waals surface area (Å²) in [4.78, 5) is 22.5. The predicted molar refractivity (Wildman–Crippen MR) is 103 cm³/mol. The summed E-state index contributed by atoms with van der Waals surface area (Å²) in [5.41, 5.74) is -1.82. The molecule has 0 radical (unpaired) electrons. The van der Waals surface area contributed by atoms with E-state index in [2.05, 4.69) is 15.0 Å². The lowest BCUT2D eigenvalue weighted by Gasteiger charge is -2.13. The first-order valence-corrected chi connectivity index (χ1v) is 8.89. The smallest absolute Gasteiger partial charge is 0.416 e. The molecule has 0 bridgehead atoms. The summed E-state index contributed by atoms with van der Waals surface area (Å²) in [6, 6.07) is 4.27. The van der Waals surface area contributed by atoms with Crippen molar-refractivity contribution in [1.82, 2.24) is 19.1 Å². The molecule has 1 aromatic carbocycles. The van der Waals surface area contributed by atoms with Crippen LogP contribution in [0.5, 0.6) is 5.88 Å². The lowest BCUT2D eigenvalue weighted by atomic mass is 10.2. The number of nitrogens with zero attached hydrogens (tertiary/aromatic N) is 4. The molecule has 3 rings (SSSR count). The van der Waals surface area contributed by atoms with Gasteiger partial charge >= 0.3 is 6.18 Å². The van der Waals surface area contributed by atoms with E-state index in [0.29, 0.717) is 19.5 Å². The SMILES string of the molecule is O=c1[nH]c(=S)n(-c2cccc(C(F)(F)F)c2)c(O)c1C=NCCCn1ccnc1. The topological polar surface area (TPSA) is 88.2 Å². The zero-order valence-corrected chi connectivity index (χ0v) is 15.7. The summed E-state index contributed by atoms with van der Waals surface area (Å²) in [6.45, 7) is 1.05. The van der Waals surface area contributed by atoms with Gasteiger partial charge in [0.25, 0.3) is 5.56 Å². The van der Waals surface area contributed by atoms with Crippen LogP contribution in [0, 0.1) is 4.77 Å². The van der Waals surface area contributed by atoms with Crippen LogP contribution in [0.1, 0.15) is 17.5 Å². The Hall–Kier alpha value is -3.21. The molecule has 29 heavy (non-hydrogen) atoms. The number of aromatic nitrogens is 4. The second-order valence-electron chi connectivity index (χ2n) is 6.07. The van der Waals surface area contributed by atoms with E-state index in [0.717, 1.165) is 16.7 Å². The molecule has 0 atom stereocenters. The van der Waals surface area contributed by atoms with Gasteiger partial charge in [0.1, 0.15) is 5.56 Å². The van der Waals surface area contributed by atoms with E-state index in [1.54, 1.807) is 18.7 Å². The molecule has 0 saturated carbocycles. The molecule has 0 aliphatic carbocycles. The molecule has 11 heteroatoms. The first kappa shape index (κ1) is 20.5. The van der Waals surface area contributed by atoms with Crippen molar-refractivity contribution in [2.45, 2.75) is 19.1 Å². The van der Waals surface area contributed by atoms with Gasteiger partial charge in [0.15, 0.2) is 4.77 Å². The number of nitrogens with one attached hydrogen (secondary N) is 1. The fourth-order valence-electron chi connectivity index (χ4n) is 2.64. The van der Waals surface area contributed by atoms with Gasteiger partial charge in [-0.2, -0.15) is 13.2 Å². The summed E-state index contributed by atoms with van der Waals surface area (Å²) in [5.74, 6) is -0.587. The molecule has 0 unspecified atom stereocenters. The Bertz CT molecular complexity index is 1130. The third-order valence-corrected chi connectivity index (χ3v) is 4.32. The number of aryl methyl sites for hydroxylation is 1. The van der Waals surface area contributed by atoms with Crippen LogP contribution >= 0.6 is 12.2 Å². The van der Waals surface area contributed by atoms with Crippen molar-refractivity contribution in [3.63, 3.8) is 0 Å². The van der Waals surface area contributed by atoms with Crippen molar-refractivity contribution in [2.24, 2.45) is 4.99 Å². The van der Waals surface area contributed by atoms with Gasteiger partial charge in [0.2, 0.25) is 5.88 Å². The quantitative estimate of drug-likeness (QED) is 0.362. The average molecular weight is 423 g/mol. The number of aromatic amines is 1. The fourth-order valence-corrected chi connectivity index (χ4v) is 2.92. The van der Waals surface area contributed by atoms with Crippen LogP contribution < -0.4 is 5.56 Å². The summed E-state index contributed by atoms with van der Waals surface area (Å²) < 4.78 is 41.6. The second kappa shape index (κ2) is 8.43. The van der Waals surface area contributed by atoms with Crippen LogP contribution in [-0.4, -0.2) is 37.0 Å². The highest BCUT2D eigenvalue weighted by Gasteiger charge is 2.30. The lowest BCUT2D eigenvalue weighted by Crippen LogP contribution is -2.18. The van der Waals surface area contributed by atoms with E-state index >= 15 is 0 Å². The van der Waals surface area contributed by atoms with Crippen molar-refractivity contribution in [3.8, 4) is 11.6 Å². The summed E-state index contributed by atoms with van der Waals surface area (Å²) in [6.07, 6.45) is 2.42. The maximum Gasteiger partial charge on any atom is 0.416 e. The van der Waals surface area contributed by atoms with E-state index in [9.17, 15) is 23.1 Å². The molecule has 0 saturated heterocycles. The molecule has 0 aliphatic heterocycles. The first-order valence-electron chi connectivity index (χ1n) is 8.49. The Morgan fingerprint density at radius 1 is 1.34 bits per heavy atom. The summed E-state index contributed by atoms with van der Waals surface area (Å²) in [7, 11) is 0. The number of aromatic hydroxyl groups is 1. The monoisotopic (exact) mass is 423 g/mol. The van der Waals surface area contributed by atoms with Crippen LogP contribution in [0.3, 0.4) is 0 Å². The number of alkyl halides is 3. The molecule has 0 fully saturated rings. The number of aliphatic imine (C=N–C) groups is 1. The lowest BCUT2D eigenvalue weighted by molar-refractivity contribution is -0.137. The van der Waals surface area contributed by atoms with Crippen LogP contribution in [0.4, 0.5) is 13.2 Å². The number of hydrogen-bond acceptors (Lipinski definition) is 5. The van der Waals surface area contributed by atoms with Crippen LogP contribution in [0.25, 0.3) is 5.69 Å². The fraction of sp³-hybridized carbons (Fsp3) is 0.222. The molecule has 2 heterocycles. The molecule has 0 aliphatic rings. The Morgan fingerprint density at radius 2 is 2.14 bits per heavy atom. The average Bonchev–Trinajstić information content (AvgIpc) is 3.16. The number of H-pyrrole nitrogens is 1. The van der Waals surface area contributed by atoms with Crippen molar-refractivity contribution >= 4 is 18.4 Å². The van der Waals surface area contributed by atoms with Crippen molar-refractivity contribution in [2.75, 3.05) is 6.54 Å². The first-order chi connectivity index (χ1) is 13.8. The van der Waals surface area contributed by atoms with E-state index in [1.807, 2.05) is 4.57 Å². The Morgan fingerprint density at radius 3 is 2.83 bits per heavy atom. The van der Waals surface area contributed by atoms with Gasteiger partial charge in [0, 0.05) is 31.7 Å². The van der Waals surface area contributed by atoms with E-state index in [-0.39, 0.29) is 16.0 Å². The second-order valence-corrected chi connectivity index (χ2v) is 6.46. The van der Waals surface area contributed by atoms with Gasteiger partial charge < -0.3 is 9.67 Å². The summed E-state index contributed by atoms with van der Waals surface area (Å²) >= 11 is 5.02. The Balaban J connectivity index is 1.88. The van der Waals surface area contributed by atoms with Gasteiger partial charge in [-0.15, -0.1) is 0 Å². The third-order valence-electron chi connectivity index (χ3n) is 4.04. The maximum atomic E-state index is 13.0. The minimum atomic E-state index is -4.56. The zero-order valence-electron chi connectivity index (χ0n) is 14.9. The van der Waals surface area contributed by atoms with Crippen LogP contribution in [-0.2, 0) is 12.7 Å². The highest BCUT2D eigenvalue weighted by molar-refractivity contribution is 7.71. The highest BCUT2D eigenvalue weighted by atomic mass is 32.1. The zero-order chi connectivity index (χ0) is 21.0. The standard InChI is InChI=1S/C18H16F3N5O2S/c19-18(20,21)12-3-1-4-13(9-12)26-16(28)14(15(27)24-17(26)29)10-22-5-2-7-25-8-6-23-11-25/h1,3-4,6,8-11,28H,2,5,7H2,(H,24,27,29). The van der Waals surface area contributed by atoms with Gasteiger partial charge in [-0.05, 0) is 36.8 Å². The van der Waals surface area contributed by atoms with Gasteiger partial charge in [-0.3, -0.25) is 19.3 Å². The van der Waals surface area contributed by atoms with Crippen LogP contribution in [0.15, 0.2) is 52.8 Å². The predicted octanol–water partition coefficient (Wildman–Crippen LogP) is 3.33. The van der Waals surface area contributed by atoms with Crippen molar-refractivity contribution in [1.29, 1.82) is 0 Å². The maximum absolute atomic E-state index is 13.0. The molecule has 0 amide bonds.